The third-order valence-electron chi connectivity index (χ3n) is 12.2. The molecule has 0 unspecified atom stereocenters. The van der Waals surface area contributed by atoms with Gasteiger partial charge in [0.1, 0.15) is 0 Å². The maximum atomic E-state index is 5.24. The molecule has 3 heteroatoms. The van der Waals surface area contributed by atoms with Gasteiger partial charge in [0.05, 0.1) is 11.2 Å². The molecule has 0 radical (unpaired) electrons. The number of thiophene rings is 1. The zero-order valence-electron chi connectivity index (χ0n) is 33.7. The van der Waals surface area contributed by atoms with Crippen molar-refractivity contribution < 1.29 is 0 Å². The summed E-state index contributed by atoms with van der Waals surface area (Å²) < 4.78 is 2.58. The molecule has 2 nitrogen and oxygen atoms in total. The van der Waals surface area contributed by atoms with Gasteiger partial charge in [0.25, 0.3) is 0 Å². The zero-order valence-corrected chi connectivity index (χ0v) is 34.6. The molecule has 0 amide bonds. The van der Waals surface area contributed by atoms with Gasteiger partial charge in [-0.3, -0.25) is 0 Å². The molecule has 0 aliphatic rings. The maximum Gasteiger partial charge on any atom is 0.0715 e. The van der Waals surface area contributed by atoms with E-state index in [1.54, 1.807) is 0 Å². The first-order valence-corrected chi connectivity index (χ1v) is 21.9. The van der Waals surface area contributed by atoms with E-state index in [0.717, 1.165) is 39.2 Å². The number of nitrogens with zero attached hydrogens (tertiary/aromatic N) is 2. The minimum Gasteiger partial charge on any atom is -0.310 e. The van der Waals surface area contributed by atoms with Gasteiger partial charge >= 0.3 is 0 Å². The van der Waals surface area contributed by atoms with Crippen LogP contribution in [0.15, 0.2) is 231 Å². The van der Waals surface area contributed by atoms with E-state index in [1.165, 1.54) is 75.1 Å². The third-order valence-corrected chi connectivity index (χ3v) is 13.3. The van der Waals surface area contributed by atoms with E-state index in [2.05, 4.69) is 235 Å². The zero-order chi connectivity index (χ0) is 41.0. The normalized spacial score (nSPS) is 11.5. The minimum atomic E-state index is 0.946. The number of fused-ring (bicyclic) bond motifs is 7. The number of pyridine rings is 1. The highest BCUT2D eigenvalue weighted by molar-refractivity contribution is 7.26. The molecule has 62 heavy (non-hydrogen) atoms. The van der Waals surface area contributed by atoms with E-state index >= 15 is 0 Å². The van der Waals surface area contributed by atoms with Gasteiger partial charge in [-0.15, -0.1) is 11.3 Å². The van der Waals surface area contributed by atoms with Gasteiger partial charge in [0.2, 0.25) is 0 Å². The Bertz CT molecular complexity index is 3630. The lowest BCUT2D eigenvalue weighted by Gasteiger charge is -2.26. The smallest absolute Gasteiger partial charge is 0.0715 e. The van der Waals surface area contributed by atoms with Crippen LogP contribution in [0.5, 0.6) is 0 Å². The largest absolute Gasteiger partial charge is 0.310 e. The van der Waals surface area contributed by atoms with E-state index in [-0.39, 0.29) is 0 Å². The summed E-state index contributed by atoms with van der Waals surface area (Å²) in [6.45, 7) is 0. The summed E-state index contributed by atoms with van der Waals surface area (Å²) in [5.41, 5.74) is 13.5. The summed E-state index contributed by atoms with van der Waals surface area (Å²) in [4.78, 5) is 7.62. The predicted molar refractivity (Wildman–Crippen MR) is 266 cm³/mol. The SMILES string of the molecule is c1ccc(-c2cccc(N(c3ccc(-c4cc(-c5ccc6cc(-c7ccccc7)ccc6c5)c5ccccc5n4)cc3)c3ccc4c(c3)sc3ccc5ccccc5c34)c2)cc1. The van der Waals surface area contributed by atoms with Gasteiger partial charge in [0.15, 0.2) is 0 Å². The lowest BCUT2D eigenvalue weighted by molar-refractivity contribution is 1.29. The van der Waals surface area contributed by atoms with Crippen molar-refractivity contribution in [2.75, 3.05) is 4.90 Å². The molecule has 0 saturated carbocycles. The molecule has 2 aromatic heterocycles. The molecule has 0 bridgehead atoms. The molecule has 290 valence electrons. The Kier molecular flexibility index (Phi) is 8.72. The van der Waals surface area contributed by atoms with Crippen molar-refractivity contribution in [2.45, 2.75) is 0 Å². The lowest BCUT2D eigenvalue weighted by Crippen LogP contribution is -2.10. The van der Waals surface area contributed by atoms with Crippen molar-refractivity contribution >= 4 is 81.0 Å². The van der Waals surface area contributed by atoms with Crippen molar-refractivity contribution in [3.05, 3.63) is 231 Å². The molecular weight excluding hydrogens is 769 g/mol. The Hall–Kier alpha value is -7.85. The van der Waals surface area contributed by atoms with E-state index in [0.29, 0.717) is 0 Å². The van der Waals surface area contributed by atoms with Crippen molar-refractivity contribution in [1.82, 2.24) is 4.98 Å². The number of anilines is 3. The highest BCUT2D eigenvalue weighted by atomic mass is 32.1. The average Bonchev–Trinajstić information content (AvgIpc) is 3.73. The van der Waals surface area contributed by atoms with Gasteiger partial charge in [-0.05, 0) is 122 Å². The molecule has 0 spiro atoms. The molecule has 12 aromatic rings. The van der Waals surface area contributed by atoms with Gasteiger partial charge in [0, 0.05) is 48.2 Å². The molecule has 0 fully saturated rings. The van der Waals surface area contributed by atoms with Gasteiger partial charge in [-0.25, -0.2) is 4.98 Å². The topological polar surface area (TPSA) is 16.1 Å². The molecule has 10 aromatic carbocycles. The quantitative estimate of drug-likeness (QED) is 0.159. The van der Waals surface area contributed by atoms with Crippen LogP contribution in [0.3, 0.4) is 0 Å². The fraction of sp³-hybridized carbons (Fsp3) is 0. The minimum absolute atomic E-state index is 0.946. The molecular formula is C59H38N2S. The number of rotatable bonds is 7. The number of para-hydroxylation sites is 1. The van der Waals surface area contributed by atoms with Crippen molar-refractivity contribution in [3.63, 3.8) is 0 Å². The van der Waals surface area contributed by atoms with Crippen molar-refractivity contribution in [3.8, 4) is 44.6 Å². The highest BCUT2D eigenvalue weighted by Crippen LogP contribution is 2.44. The average molecular weight is 807 g/mol. The highest BCUT2D eigenvalue weighted by Gasteiger charge is 2.18. The second-order valence-corrected chi connectivity index (χ2v) is 17.0. The van der Waals surface area contributed by atoms with Crippen LogP contribution >= 0.6 is 11.3 Å². The Balaban J connectivity index is 0.957. The first kappa shape index (κ1) is 36.0. The van der Waals surface area contributed by atoms with E-state index in [1.807, 2.05) is 11.3 Å². The standard InChI is InChI=1S/C59H38N2S/c1-3-12-39(13-4-1)43-17-11-18-49(36-43)61(50-31-32-53-58(37-50)62-57-33-28-41-16-7-8-19-51(41)59(53)57)48-29-26-42(27-30-48)56-38-54(52-20-9-10-21-55(52)60-56)47-25-24-45-34-44(22-23-46(45)35-47)40-14-5-2-6-15-40/h1-38H. The van der Waals surface area contributed by atoms with Crippen molar-refractivity contribution in [2.24, 2.45) is 0 Å². The summed E-state index contributed by atoms with van der Waals surface area (Å²) in [6.07, 6.45) is 0. The summed E-state index contributed by atoms with van der Waals surface area (Å²) in [6, 6.07) is 83.5. The second-order valence-electron chi connectivity index (χ2n) is 16.0. The first-order valence-electron chi connectivity index (χ1n) is 21.1. The number of hydrogen-bond donors (Lipinski definition) is 0. The van der Waals surface area contributed by atoms with E-state index in [9.17, 15) is 0 Å². The molecule has 0 aliphatic heterocycles. The van der Waals surface area contributed by atoms with Gasteiger partial charge in [-0.2, -0.15) is 0 Å². The Morgan fingerprint density at radius 3 is 1.71 bits per heavy atom. The van der Waals surface area contributed by atoms with Crippen LogP contribution in [0.1, 0.15) is 0 Å². The van der Waals surface area contributed by atoms with Crippen LogP contribution in [0, 0.1) is 0 Å². The fourth-order valence-electron chi connectivity index (χ4n) is 9.14. The van der Waals surface area contributed by atoms with Crippen LogP contribution in [0.2, 0.25) is 0 Å². The van der Waals surface area contributed by atoms with Gasteiger partial charge < -0.3 is 4.90 Å². The van der Waals surface area contributed by atoms with Crippen LogP contribution in [0.4, 0.5) is 17.1 Å². The van der Waals surface area contributed by atoms with Crippen LogP contribution < -0.4 is 4.90 Å². The summed E-state index contributed by atoms with van der Waals surface area (Å²) >= 11 is 1.86. The Labute approximate surface area is 364 Å². The van der Waals surface area contributed by atoms with Crippen molar-refractivity contribution in [1.29, 1.82) is 0 Å². The molecule has 12 rings (SSSR count). The fourth-order valence-corrected chi connectivity index (χ4v) is 10.3. The van der Waals surface area contributed by atoms with Gasteiger partial charge in [-0.1, -0.05) is 164 Å². The summed E-state index contributed by atoms with van der Waals surface area (Å²) in [5.74, 6) is 0. The number of aromatic nitrogens is 1. The molecule has 2 heterocycles. The lowest BCUT2D eigenvalue weighted by atomic mass is 9.95. The summed E-state index contributed by atoms with van der Waals surface area (Å²) in [5, 5.41) is 8.78. The van der Waals surface area contributed by atoms with Crippen LogP contribution in [-0.2, 0) is 0 Å². The molecule has 0 saturated heterocycles. The van der Waals surface area contributed by atoms with Crippen LogP contribution in [0.25, 0.3) is 97.3 Å². The number of benzene rings is 10. The number of hydrogen-bond acceptors (Lipinski definition) is 3. The first-order chi connectivity index (χ1) is 30.7. The Morgan fingerprint density at radius 2 is 0.919 bits per heavy atom. The van der Waals surface area contributed by atoms with Crippen LogP contribution in [-0.4, -0.2) is 4.98 Å². The second kappa shape index (κ2) is 15.0. The maximum absolute atomic E-state index is 5.24. The van der Waals surface area contributed by atoms with E-state index in [4.69, 9.17) is 4.98 Å². The predicted octanol–water partition coefficient (Wildman–Crippen LogP) is 17.0. The molecule has 0 N–H and O–H groups in total. The molecule has 0 atom stereocenters. The summed E-state index contributed by atoms with van der Waals surface area (Å²) in [7, 11) is 0. The van der Waals surface area contributed by atoms with E-state index < -0.39 is 0 Å². The third kappa shape index (κ3) is 6.39. The molecule has 0 aliphatic carbocycles. The monoisotopic (exact) mass is 806 g/mol. The Morgan fingerprint density at radius 1 is 0.323 bits per heavy atom.